The van der Waals surface area contributed by atoms with Crippen molar-refractivity contribution in [3.8, 4) is 22.6 Å². The number of carboxylic acids is 1. The van der Waals surface area contributed by atoms with Crippen LogP contribution in [0.5, 0.6) is 11.5 Å². The summed E-state index contributed by atoms with van der Waals surface area (Å²) < 4.78 is 44.3. The number of aliphatic carboxylic acids is 1. The predicted molar refractivity (Wildman–Crippen MR) is 161 cm³/mol. The molecular formula is C33H30ClF3N2O4. The number of carbonyl (C=O) groups is 2. The molecule has 1 atom stereocenters. The van der Waals surface area contributed by atoms with E-state index in [1.807, 2.05) is 24.8 Å². The Balaban J connectivity index is 1.54. The van der Waals surface area contributed by atoms with Gasteiger partial charge in [0.2, 0.25) is 0 Å². The lowest BCUT2D eigenvalue weighted by Gasteiger charge is -2.25. The summed E-state index contributed by atoms with van der Waals surface area (Å²) in [6.45, 7) is 5.31. The zero-order chi connectivity index (χ0) is 31.1. The second-order valence-electron chi connectivity index (χ2n) is 9.73. The van der Waals surface area contributed by atoms with Gasteiger partial charge in [-0.1, -0.05) is 48.0 Å². The van der Waals surface area contributed by atoms with Gasteiger partial charge in [-0.25, -0.2) is 0 Å². The zero-order valence-corrected chi connectivity index (χ0v) is 24.2. The molecule has 1 amide bonds. The first-order valence-electron chi connectivity index (χ1n) is 13.6. The summed E-state index contributed by atoms with van der Waals surface area (Å²) in [5, 5.41) is 12.8. The first-order chi connectivity index (χ1) is 20.5. The molecule has 0 saturated heterocycles. The molecule has 0 bridgehead atoms. The van der Waals surface area contributed by atoms with Gasteiger partial charge in [0.15, 0.2) is 0 Å². The van der Waals surface area contributed by atoms with Gasteiger partial charge < -0.3 is 20.1 Å². The number of alkyl halides is 3. The molecule has 0 heterocycles. The van der Waals surface area contributed by atoms with Crippen LogP contribution in [-0.2, 0) is 11.0 Å². The highest BCUT2D eigenvalue weighted by Gasteiger charge is 2.30. The van der Waals surface area contributed by atoms with Crippen molar-refractivity contribution in [1.29, 1.82) is 0 Å². The zero-order valence-electron chi connectivity index (χ0n) is 23.5. The normalized spacial score (nSPS) is 12.0. The van der Waals surface area contributed by atoms with E-state index in [1.54, 1.807) is 60.7 Å². The van der Waals surface area contributed by atoms with Gasteiger partial charge >= 0.3 is 12.1 Å². The largest absolute Gasteiger partial charge is 0.481 e. The molecule has 0 aliphatic rings. The highest BCUT2D eigenvalue weighted by Crippen LogP contribution is 2.33. The van der Waals surface area contributed by atoms with Crippen molar-refractivity contribution in [2.24, 2.45) is 0 Å². The quantitative estimate of drug-likeness (QED) is 0.178. The fraction of sp³-hybridized carbons (Fsp3) is 0.212. The van der Waals surface area contributed by atoms with E-state index < -0.39 is 29.7 Å². The van der Waals surface area contributed by atoms with E-state index in [1.165, 1.54) is 12.1 Å². The van der Waals surface area contributed by atoms with Crippen LogP contribution in [0, 0.1) is 0 Å². The highest BCUT2D eigenvalue weighted by atomic mass is 35.5. The average molecular weight is 611 g/mol. The number of nitrogens with zero attached hydrogens (tertiary/aromatic N) is 1. The van der Waals surface area contributed by atoms with E-state index in [9.17, 15) is 27.9 Å². The molecular weight excluding hydrogens is 581 g/mol. The number of carbonyl (C=O) groups excluding carboxylic acids is 1. The first kappa shape index (κ1) is 31.4. The summed E-state index contributed by atoms with van der Waals surface area (Å²) in [6, 6.07) is 22.8. The third-order valence-corrected chi connectivity index (χ3v) is 7.12. The number of nitrogens with one attached hydrogen (secondary N) is 1. The van der Waals surface area contributed by atoms with E-state index in [0.29, 0.717) is 40.7 Å². The van der Waals surface area contributed by atoms with Crippen LogP contribution >= 0.6 is 11.6 Å². The summed E-state index contributed by atoms with van der Waals surface area (Å²) >= 11 is 6.20. The summed E-state index contributed by atoms with van der Waals surface area (Å²) in [5.41, 5.74) is 2.46. The lowest BCUT2D eigenvalue weighted by molar-refractivity contribution is -0.138. The molecule has 4 aromatic rings. The van der Waals surface area contributed by atoms with Gasteiger partial charge in [0, 0.05) is 23.8 Å². The Morgan fingerprint density at radius 2 is 1.56 bits per heavy atom. The second-order valence-corrected chi connectivity index (χ2v) is 10.2. The van der Waals surface area contributed by atoms with E-state index in [0.717, 1.165) is 23.3 Å². The molecule has 10 heteroatoms. The highest BCUT2D eigenvalue weighted by molar-refractivity contribution is 6.31. The van der Waals surface area contributed by atoms with Crippen LogP contribution in [0.1, 0.15) is 47.8 Å². The lowest BCUT2D eigenvalue weighted by Crippen LogP contribution is -2.32. The maximum Gasteiger partial charge on any atom is 0.416 e. The van der Waals surface area contributed by atoms with E-state index in [4.69, 9.17) is 16.3 Å². The number of amides is 1. The summed E-state index contributed by atoms with van der Waals surface area (Å²) in [7, 11) is 0. The van der Waals surface area contributed by atoms with Gasteiger partial charge in [-0.15, -0.1) is 0 Å². The number of hydrogen-bond donors (Lipinski definition) is 2. The van der Waals surface area contributed by atoms with Crippen molar-refractivity contribution >= 4 is 29.2 Å². The minimum atomic E-state index is -4.43. The van der Waals surface area contributed by atoms with Crippen molar-refractivity contribution in [2.45, 2.75) is 32.5 Å². The van der Waals surface area contributed by atoms with E-state index in [2.05, 4.69) is 5.32 Å². The monoisotopic (exact) mass is 610 g/mol. The van der Waals surface area contributed by atoms with Gasteiger partial charge in [-0.2, -0.15) is 13.2 Å². The molecule has 4 aromatic carbocycles. The van der Waals surface area contributed by atoms with Crippen molar-refractivity contribution in [3.63, 3.8) is 0 Å². The number of benzene rings is 4. The molecule has 0 aromatic heterocycles. The third kappa shape index (κ3) is 8.08. The molecule has 6 nitrogen and oxygen atoms in total. The molecule has 43 heavy (non-hydrogen) atoms. The van der Waals surface area contributed by atoms with Gasteiger partial charge in [-0.05, 0) is 85.1 Å². The molecule has 224 valence electrons. The van der Waals surface area contributed by atoms with Crippen LogP contribution in [0.2, 0.25) is 5.02 Å². The Bertz CT molecular complexity index is 1570. The molecule has 0 saturated carbocycles. The summed E-state index contributed by atoms with van der Waals surface area (Å²) in [5.74, 6) is -0.815. The predicted octanol–water partition coefficient (Wildman–Crippen LogP) is 8.61. The molecule has 2 N–H and O–H groups in total. The van der Waals surface area contributed by atoms with Crippen molar-refractivity contribution in [1.82, 2.24) is 5.32 Å². The molecule has 4 rings (SSSR count). The SMILES string of the molecule is CCN(CC)c1ccc(Cl)cc1C(=O)NC(CC(=O)O)c1ccc(-c2cccc(Oc3ccc(C(F)(F)F)cc3)c2)cc1. The Hall–Kier alpha value is -4.50. The van der Waals surface area contributed by atoms with Crippen LogP contribution in [0.3, 0.4) is 0 Å². The van der Waals surface area contributed by atoms with E-state index in [-0.39, 0.29) is 12.2 Å². The van der Waals surface area contributed by atoms with Gasteiger partial charge in [0.1, 0.15) is 11.5 Å². The lowest BCUT2D eigenvalue weighted by atomic mass is 9.98. The number of rotatable bonds is 11. The van der Waals surface area contributed by atoms with Crippen molar-refractivity contribution < 1.29 is 32.6 Å². The van der Waals surface area contributed by atoms with Crippen molar-refractivity contribution in [2.75, 3.05) is 18.0 Å². The summed E-state index contributed by atoms with van der Waals surface area (Å²) in [4.78, 5) is 27.1. The maximum absolute atomic E-state index is 13.4. The van der Waals surface area contributed by atoms with Crippen LogP contribution in [0.15, 0.2) is 91.0 Å². The minimum Gasteiger partial charge on any atom is -0.481 e. The molecule has 0 aliphatic heterocycles. The van der Waals surface area contributed by atoms with Crippen LogP contribution in [0.4, 0.5) is 18.9 Å². The minimum absolute atomic E-state index is 0.261. The fourth-order valence-electron chi connectivity index (χ4n) is 4.69. The van der Waals surface area contributed by atoms with Crippen LogP contribution in [0.25, 0.3) is 11.1 Å². The Kier molecular flexibility index (Phi) is 9.98. The summed E-state index contributed by atoms with van der Waals surface area (Å²) in [6.07, 6.45) is -4.76. The van der Waals surface area contributed by atoms with E-state index >= 15 is 0 Å². The Morgan fingerprint density at radius 3 is 2.16 bits per heavy atom. The smallest absolute Gasteiger partial charge is 0.416 e. The third-order valence-electron chi connectivity index (χ3n) is 6.89. The molecule has 0 spiro atoms. The number of anilines is 1. The topological polar surface area (TPSA) is 78.9 Å². The number of carboxylic acid groups (broad SMARTS) is 1. The first-order valence-corrected chi connectivity index (χ1v) is 14.0. The molecule has 0 radical (unpaired) electrons. The number of halogens is 4. The maximum atomic E-state index is 13.4. The van der Waals surface area contributed by atoms with Gasteiger partial charge in [0.25, 0.3) is 5.91 Å². The molecule has 0 aliphatic carbocycles. The second kappa shape index (κ2) is 13.6. The fourth-order valence-corrected chi connectivity index (χ4v) is 4.86. The Labute approximate surface area is 252 Å². The van der Waals surface area contributed by atoms with Crippen LogP contribution in [-0.4, -0.2) is 30.1 Å². The number of ether oxygens (including phenoxy) is 1. The van der Waals surface area contributed by atoms with Crippen LogP contribution < -0.4 is 15.0 Å². The van der Waals surface area contributed by atoms with Gasteiger partial charge in [0.05, 0.1) is 23.6 Å². The standard InChI is InChI=1S/C33H30ClF3N2O4/c1-3-39(4-2)30-17-14-25(34)19-28(30)32(42)38-29(20-31(40)41)22-10-8-21(9-11-22)23-6-5-7-27(18-23)43-26-15-12-24(13-16-26)33(35,36)37/h5-19,29H,3-4,20H2,1-2H3,(H,38,42)(H,40,41). The molecule has 0 fully saturated rings. The number of hydrogen-bond acceptors (Lipinski definition) is 4. The molecule has 1 unspecified atom stereocenters. The Morgan fingerprint density at radius 1 is 0.884 bits per heavy atom. The van der Waals surface area contributed by atoms with Gasteiger partial charge in [-0.3, -0.25) is 9.59 Å². The van der Waals surface area contributed by atoms with Crippen molar-refractivity contribution in [3.05, 3.63) is 113 Å². The average Bonchev–Trinajstić information content (AvgIpc) is 2.98.